The Morgan fingerprint density at radius 2 is 2.39 bits per heavy atom. The van der Waals surface area contributed by atoms with Gasteiger partial charge in [0.25, 0.3) is 0 Å². The first-order chi connectivity index (χ1) is 20.4. The van der Waals surface area contributed by atoms with Crippen molar-refractivity contribution in [3.05, 3.63) is 23.2 Å². The van der Waals surface area contributed by atoms with Crippen molar-refractivity contribution in [2.75, 3.05) is 27.1 Å². The van der Waals surface area contributed by atoms with E-state index in [0.717, 1.165) is 7.11 Å². The van der Waals surface area contributed by atoms with Gasteiger partial charge in [0.15, 0.2) is 11.5 Å². The van der Waals surface area contributed by atoms with Crippen molar-refractivity contribution in [3.8, 4) is 11.5 Å². The van der Waals surface area contributed by atoms with Crippen molar-refractivity contribution in [3.63, 3.8) is 0 Å². The highest BCUT2D eigenvalue weighted by Crippen LogP contribution is 2.43. The molecule has 4 nitrogen and oxygen atoms in total. The van der Waals surface area contributed by atoms with Crippen molar-refractivity contribution in [2.24, 2.45) is 11.8 Å². The Morgan fingerprint density at radius 3 is 3.13 bits per heavy atom. The molecule has 2 aliphatic rings. The second kappa shape index (κ2) is 6.70. The molecular formula is C19H29NO3. The van der Waals surface area contributed by atoms with E-state index in [0.29, 0.717) is 0 Å². The Kier molecular flexibility index (Phi) is 1.19. The monoisotopic (exact) mass is 343 g/mol. The highest BCUT2D eigenvalue weighted by Gasteiger charge is 2.38. The molecule has 128 valence electrons. The zero-order chi connectivity index (χ0) is 37.5. The molecular weight excluding hydrogens is 290 g/mol. The van der Waals surface area contributed by atoms with E-state index in [9.17, 15) is 5.11 Å². The van der Waals surface area contributed by atoms with E-state index in [2.05, 4.69) is 0 Å². The minimum atomic E-state index is -4.86. The Bertz CT molecular complexity index is 1430. The van der Waals surface area contributed by atoms with Gasteiger partial charge in [0, 0.05) is 43.7 Å². The van der Waals surface area contributed by atoms with E-state index in [1.54, 1.807) is 0 Å². The zero-order valence-corrected chi connectivity index (χ0v) is 11.8. The van der Waals surface area contributed by atoms with Crippen LogP contribution >= 0.6 is 0 Å². The maximum absolute atomic E-state index is 11.5. The van der Waals surface area contributed by atoms with Crippen LogP contribution in [0.3, 0.4) is 0 Å². The molecule has 0 saturated carbocycles. The van der Waals surface area contributed by atoms with Gasteiger partial charge >= 0.3 is 0 Å². The number of piperidine rings is 1. The van der Waals surface area contributed by atoms with E-state index >= 15 is 0 Å². The minimum absolute atomic E-state index is 0.545. The summed E-state index contributed by atoms with van der Waals surface area (Å²) in [4.78, 5) is -0.545. The Labute approximate surface area is 173 Å². The number of methoxy groups -OCH3 is 2. The number of fused-ring (bicyclic) bond motifs is 3. The second-order valence-corrected chi connectivity index (χ2v) is 4.49. The highest BCUT2D eigenvalue weighted by atomic mass is 16.5. The van der Waals surface area contributed by atoms with Gasteiger partial charge in [-0.25, -0.2) is 0 Å². The van der Waals surface area contributed by atoms with Crippen molar-refractivity contribution >= 4 is 0 Å². The van der Waals surface area contributed by atoms with Crippen molar-refractivity contribution < 1.29 is 47.5 Å². The van der Waals surface area contributed by atoms with Crippen LogP contribution in [0.25, 0.3) is 0 Å². The molecule has 3 atom stereocenters. The van der Waals surface area contributed by atoms with Crippen LogP contribution in [0.2, 0.25) is 0 Å². The summed E-state index contributed by atoms with van der Waals surface area (Å²) in [6, 6.07) is -5.63. The molecule has 0 aromatic heterocycles. The molecule has 2 aliphatic heterocycles. The predicted molar refractivity (Wildman–Crippen MR) is 91.1 cm³/mol. The first-order valence-corrected chi connectivity index (χ1v) is 6.28. The number of nitrogens with zero attached hydrogens (tertiary/aromatic N) is 1. The molecule has 0 aliphatic carbocycles. The van der Waals surface area contributed by atoms with Crippen LogP contribution in [0.15, 0.2) is 12.1 Å². The molecule has 1 aromatic rings. The molecule has 0 spiro atoms. The average molecular weight is 344 g/mol. The molecule has 2 heterocycles. The summed E-state index contributed by atoms with van der Waals surface area (Å²) >= 11 is 0. The number of hydrogen-bond donors (Lipinski definition) is 1. The lowest BCUT2D eigenvalue weighted by molar-refractivity contribution is -0.0191. The van der Waals surface area contributed by atoms with Crippen LogP contribution in [0, 0.1) is 11.8 Å². The van der Waals surface area contributed by atoms with Gasteiger partial charge < -0.3 is 14.6 Å². The Balaban J connectivity index is 2.66. The van der Waals surface area contributed by atoms with Gasteiger partial charge in [0.2, 0.25) is 0 Å². The third kappa shape index (κ3) is 3.20. The largest absolute Gasteiger partial charge is 0.493 e. The van der Waals surface area contributed by atoms with Crippen molar-refractivity contribution in [1.82, 2.24) is 4.90 Å². The minimum Gasteiger partial charge on any atom is -0.493 e. The lowest BCUT2D eigenvalue weighted by Gasteiger charge is -2.46. The highest BCUT2D eigenvalue weighted by molar-refractivity contribution is 5.49. The van der Waals surface area contributed by atoms with Gasteiger partial charge in [-0.15, -0.1) is 0 Å². The van der Waals surface area contributed by atoms with Gasteiger partial charge in [0.1, 0.15) is 0 Å². The molecule has 0 radical (unpaired) electrons. The fourth-order valence-corrected chi connectivity index (χ4v) is 2.12. The maximum atomic E-state index is 11.5. The number of hydrogen-bond acceptors (Lipinski definition) is 4. The molecule has 1 N–H and O–H groups in total. The molecule has 1 aromatic carbocycles. The SMILES string of the molecule is [2H]c1c(OC)c(OC([2H])([2H])[2H])c([2H])c2c1C1N(C([2H])([2H])C2([2H])[2H])C([2H])([2H])C([2H])(C([2H])([2H])C([2H])(C([2H])([2H])[2H])C([2H])([2H])[2H])C([2H])(O)C1([2H])[2H]. The average Bonchev–Trinajstić information content (AvgIpc) is 2.83. The van der Waals surface area contributed by atoms with Gasteiger partial charge in [-0.05, 0) is 54.1 Å². The van der Waals surface area contributed by atoms with Crippen LogP contribution in [-0.2, 0) is 6.37 Å². The fourth-order valence-electron chi connectivity index (χ4n) is 2.12. The fraction of sp³-hybridized carbons (Fsp3) is 0.684. The smallest absolute Gasteiger partial charge is 0.161 e. The van der Waals surface area contributed by atoms with E-state index in [1.165, 1.54) is 0 Å². The second-order valence-electron chi connectivity index (χ2n) is 4.49. The summed E-state index contributed by atoms with van der Waals surface area (Å²) in [7, 11) is -2.59. The van der Waals surface area contributed by atoms with Crippen molar-refractivity contribution in [1.29, 1.82) is 0 Å². The summed E-state index contributed by atoms with van der Waals surface area (Å²) < 4.78 is 209. The van der Waals surface area contributed by atoms with Gasteiger partial charge in [-0.3, -0.25) is 4.90 Å². The number of ether oxygens (including phenoxy) is 2. The topological polar surface area (TPSA) is 41.9 Å². The lowest BCUT2D eigenvalue weighted by Crippen LogP contribution is -2.48. The van der Waals surface area contributed by atoms with Gasteiger partial charge in [-0.2, -0.15) is 0 Å². The standard InChI is InChI=1S/C19H29NO3/c1-12(2)7-14-11-20-6-5-13-8-18(22-3)19(23-4)9-15(13)16(20)10-17(14)21/h8-9,12,14,16-17,21H,5-7,10-11H2,1-4H3/i1D3,2D3,3D3,5D2,6D2,7D2,8D,9D,10D2,11D2,12D,14D,17D. The van der Waals surface area contributed by atoms with Crippen molar-refractivity contribution in [2.45, 2.75) is 44.9 Å². The van der Waals surface area contributed by atoms with Crippen LogP contribution in [0.5, 0.6) is 11.5 Å². The molecule has 1 fully saturated rings. The molecule has 3 rings (SSSR count). The summed E-state index contributed by atoms with van der Waals surface area (Å²) in [6.07, 6.45) is -17.7. The van der Waals surface area contributed by atoms with Gasteiger partial charge in [0.05, 0.1) is 28.5 Å². The lowest BCUT2D eigenvalue weighted by atomic mass is 9.79. The summed E-state index contributed by atoms with van der Waals surface area (Å²) in [5, 5.41) is 11.5. The summed E-state index contributed by atoms with van der Waals surface area (Å²) in [6.45, 7) is -17.3. The molecule has 23 heavy (non-hydrogen) atoms. The third-order valence-corrected chi connectivity index (χ3v) is 3.09. The van der Waals surface area contributed by atoms with Crippen LogP contribution < -0.4 is 9.47 Å². The summed E-state index contributed by atoms with van der Waals surface area (Å²) in [5.74, 6) is -11.7. The van der Waals surface area contributed by atoms with Crippen LogP contribution in [0.1, 0.15) is 76.5 Å². The number of benzene rings is 1. The Morgan fingerprint density at radius 1 is 1.57 bits per heavy atom. The van der Waals surface area contributed by atoms with Crippen LogP contribution in [-0.4, -0.2) is 43.2 Å². The summed E-state index contributed by atoms with van der Waals surface area (Å²) in [5.41, 5.74) is -2.58. The quantitative estimate of drug-likeness (QED) is 0.912. The zero-order valence-electron chi connectivity index (χ0n) is 35.8. The molecule has 1 saturated heterocycles. The Hall–Kier alpha value is -1.26. The number of aliphatic hydroxyl groups is 1. The van der Waals surface area contributed by atoms with E-state index in [4.69, 9.17) is 42.4 Å². The van der Waals surface area contributed by atoms with E-state index in [-0.39, 0.29) is 0 Å². The van der Waals surface area contributed by atoms with Gasteiger partial charge in [-0.1, -0.05) is 13.7 Å². The first-order valence-electron chi connectivity index (χ1n) is 18.3. The van der Waals surface area contributed by atoms with E-state index < -0.39 is 116 Å². The van der Waals surface area contributed by atoms with E-state index in [1.807, 2.05) is 0 Å². The molecule has 0 amide bonds. The maximum Gasteiger partial charge on any atom is 0.161 e. The van der Waals surface area contributed by atoms with Crippen LogP contribution in [0.4, 0.5) is 0 Å². The molecule has 3 unspecified atom stereocenters. The number of rotatable bonds is 4. The predicted octanol–water partition coefficient (Wildman–Crippen LogP) is 3.03. The molecule has 4 heteroatoms. The first kappa shape index (κ1) is 4.10. The third-order valence-electron chi connectivity index (χ3n) is 3.09. The molecule has 0 bridgehead atoms. The normalized spacial score (nSPS) is 60.7.